The topological polar surface area (TPSA) is 66.0 Å². The molecule has 0 spiro atoms. The van der Waals surface area contributed by atoms with E-state index in [1.54, 1.807) is 13.4 Å². The largest absolute Gasteiger partial charge is 0.496 e. The lowest BCUT2D eigenvalue weighted by atomic mass is 10.0. The Kier molecular flexibility index (Phi) is 4.55. The summed E-state index contributed by atoms with van der Waals surface area (Å²) >= 11 is 3.42. The van der Waals surface area contributed by atoms with Crippen molar-refractivity contribution < 1.29 is 4.74 Å². The van der Waals surface area contributed by atoms with Gasteiger partial charge in [0.25, 0.3) is 0 Å². The van der Waals surface area contributed by atoms with E-state index in [1.807, 2.05) is 29.8 Å². The lowest BCUT2D eigenvalue weighted by Crippen LogP contribution is -2.17. The molecular weight excluding hydrogens is 308 g/mol. The van der Waals surface area contributed by atoms with Crippen LogP contribution in [0.15, 0.2) is 29.0 Å². The molecule has 0 aliphatic rings. The number of benzene rings is 1. The monoisotopic (exact) mass is 324 g/mol. The first kappa shape index (κ1) is 14.0. The number of nitrogens with zero attached hydrogens (tertiary/aromatic N) is 3. The van der Waals surface area contributed by atoms with Crippen molar-refractivity contribution in [2.24, 2.45) is 5.73 Å². The van der Waals surface area contributed by atoms with Crippen LogP contribution in [-0.2, 0) is 13.0 Å². The van der Waals surface area contributed by atoms with Crippen LogP contribution in [0.3, 0.4) is 0 Å². The van der Waals surface area contributed by atoms with Crippen molar-refractivity contribution in [2.45, 2.75) is 25.9 Å². The molecule has 1 unspecified atom stereocenters. The molecule has 1 heterocycles. The van der Waals surface area contributed by atoms with Crippen LogP contribution in [0.25, 0.3) is 0 Å². The maximum atomic E-state index is 6.26. The van der Waals surface area contributed by atoms with Crippen LogP contribution in [-0.4, -0.2) is 21.9 Å². The summed E-state index contributed by atoms with van der Waals surface area (Å²) in [4.78, 5) is 4.25. The highest BCUT2D eigenvalue weighted by Crippen LogP contribution is 2.28. The predicted molar refractivity (Wildman–Crippen MR) is 77.0 cm³/mol. The second-order valence-electron chi connectivity index (χ2n) is 4.19. The molecule has 1 aromatic heterocycles. The smallest absolute Gasteiger partial charge is 0.138 e. The Morgan fingerprint density at radius 2 is 2.26 bits per heavy atom. The third-order valence-electron chi connectivity index (χ3n) is 2.99. The zero-order chi connectivity index (χ0) is 13.8. The summed E-state index contributed by atoms with van der Waals surface area (Å²) in [6.07, 6.45) is 2.19. The van der Waals surface area contributed by atoms with Crippen molar-refractivity contribution in [2.75, 3.05) is 7.11 Å². The third-order valence-corrected chi connectivity index (χ3v) is 3.49. The van der Waals surface area contributed by atoms with Gasteiger partial charge in [-0.2, -0.15) is 5.10 Å². The molecule has 0 bridgehead atoms. The molecule has 0 fully saturated rings. The summed E-state index contributed by atoms with van der Waals surface area (Å²) in [6.45, 7) is 2.82. The average molecular weight is 325 g/mol. The molecule has 0 saturated heterocycles. The molecule has 0 aliphatic heterocycles. The molecule has 0 saturated carbocycles. The number of aryl methyl sites for hydroxylation is 1. The third kappa shape index (κ3) is 3.13. The van der Waals surface area contributed by atoms with Gasteiger partial charge in [-0.25, -0.2) is 4.98 Å². The van der Waals surface area contributed by atoms with Gasteiger partial charge in [-0.05, 0) is 19.1 Å². The Morgan fingerprint density at radius 3 is 2.95 bits per heavy atom. The van der Waals surface area contributed by atoms with Crippen molar-refractivity contribution in [3.8, 4) is 5.75 Å². The lowest BCUT2D eigenvalue weighted by molar-refractivity contribution is 0.404. The number of methoxy groups -OCH3 is 1. The van der Waals surface area contributed by atoms with Crippen molar-refractivity contribution in [3.63, 3.8) is 0 Å². The normalized spacial score (nSPS) is 12.4. The highest BCUT2D eigenvalue weighted by Gasteiger charge is 2.15. The Labute approximate surface area is 120 Å². The van der Waals surface area contributed by atoms with E-state index in [1.165, 1.54) is 0 Å². The number of aromatic nitrogens is 3. The van der Waals surface area contributed by atoms with Gasteiger partial charge in [0.2, 0.25) is 0 Å². The minimum atomic E-state index is -0.169. The van der Waals surface area contributed by atoms with Gasteiger partial charge in [0.05, 0.1) is 7.11 Å². The van der Waals surface area contributed by atoms with Gasteiger partial charge in [0.1, 0.15) is 17.9 Å². The highest BCUT2D eigenvalue weighted by molar-refractivity contribution is 9.10. The van der Waals surface area contributed by atoms with Crippen molar-refractivity contribution in [1.29, 1.82) is 0 Å². The summed E-state index contributed by atoms with van der Waals surface area (Å²) in [5, 5.41) is 4.15. The van der Waals surface area contributed by atoms with Crippen molar-refractivity contribution >= 4 is 15.9 Å². The second kappa shape index (κ2) is 6.16. The molecule has 5 nitrogen and oxygen atoms in total. The van der Waals surface area contributed by atoms with Gasteiger partial charge in [0.15, 0.2) is 0 Å². The van der Waals surface area contributed by atoms with E-state index in [9.17, 15) is 0 Å². The Morgan fingerprint density at radius 1 is 1.47 bits per heavy atom. The summed E-state index contributed by atoms with van der Waals surface area (Å²) in [6, 6.07) is 5.68. The van der Waals surface area contributed by atoms with Crippen LogP contribution in [0.2, 0.25) is 0 Å². The quantitative estimate of drug-likeness (QED) is 0.916. The first-order valence-corrected chi connectivity index (χ1v) is 6.90. The maximum Gasteiger partial charge on any atom is 0.138 e. The molecule has 2 N–H and O–H groups in total. The van der Waals surface area contributed by atoms with Crippen LogP contribution in [0, 0.1) is 0 Å². The fraction of sp³-hybridized carbons (Fsp3) is 0.385. The molecular formula is C13H17BrN4O. The van der Waals surface area contributed by atoms with Gasteiger partial charge >= 0.3 is 0 Å². The molecule has 2 rings (SSSR count). The van der Waals surface area contributed by atoms with E-state index >= 15 is 0 Å². The zero-order valence-electron chi connectivity index (χ0n) is 11.0. The van der Waals surface area contributed by atoms with E-state index in [0.717, 1.165) is 28.2 Å². The molecule has 19 heavy (non-hydrogen) atoms. The summed E-state index contributed by atoms with van der Waals surface area (Å²) in [7, 11) is 1.65. The Balaban J connectivity index is 2.22. The van der Waals surface area contributed by atoms with Crippen LogP contribution in [0.5, 0.6) is 5.75 Å². The molecule has 0 radical (unpaired) electrons. The summed E-state index contributed by atoms with van der Waals surface area (Å²) in [5.74, 6) is 1.67. The van der Waals surface area contributed by atoms with Gasteiger partial charge < -0.3 is 10.5 Å². The average Bonchev–Trinajstić information content (AvgIpc) is 2.85. The molecule has 1 aromatic carbocycles. The van der Waals surface area contributed by atoms with E-state index < -0.39 is 0 Å². The van der Waals surface area contributed by atoms with Crippen LogP contribution in [0.4, 0.5) is 0 Å². The van der Waals surface area contributed by atoms with E-state index in [2.05, 4.69) is 26.0 Å². The first-order chi connectivity index (χ1) is 9.15. The zero-order valence-corrected chi connectivity index (χ0v) is 12.6. The van der Waals surface area contributed by atoms with E-state index in [4.69, 9.17) is 10.5 Å². The number of halogens is 1. The number of rotatable bonds is 5. The van der Waals surface area contributed by atoms with E-state index in [-0.39, 0.29) is 6.04 Å². The SMILES string of the molecule is CCn1ncnc1CC(N)c1ccc(Br)cc1OC. The molecule has 0 amide bonds. The number of nitrogens with two attached hydrogens (primary N) is 1. The summed E-state index contributed by atoms with van der Waals surface area (Å²) in [5.41, 5.74) is 7.23. The predicted octanol–water partition coefficient (Wildman–Crippen LogP) is 2.31. The highest BCUT2D eigenvalue weighted by atomic mass is 79.9. The Hall–Kier alpha value is -1.40. The van der Waals surface area contributed by atoms with Crippen LogP contribution < -0.4 is 10.5 Å². The molecule has 0 aliphatic carbocycles. The fourth-order valence-corrected chi connectivity index (χ4v) is 2.35. The van der Waals surface area contributed by atoms with Gasteiger partial charge in [-0.3, -0.25) is 4.68 Å². The fourth-order valence-electron chi connectivity index (χ4n) is 2.01. The standard InChI is InChI=1S/C13H17BrN4O/c1-3-18-13(16-8-17-18)7-11(15)10-5-4-9(14)6-12(10)19-2/h4-6,8,11H,3,7,15H2,1-2H3. The second-order valence-corrected chi connectivity index (χ2v) is 5.10. The molecule has 102 valence electrons. The van der Waals surface area contributed by atoms with Gasteiger partial charge in [-0.15, -0.1) is 0 Å². The molecule has 1 atom stereocenters. The van der Waals surface area contributed by atoms with Gasteiger partial charge in [0, 0.05) is 29.0 Å². The number of hydrogen-bond donors (Lipinski definition) is 1. The maximum absolute atomic E-state index is 6.26. The van der Waals surface area contributed by atoms with Crippen LogP contribution in [0.1, 0.15) is 24.4 Å². The Bertz CT molecular complexity index is 555. The first-order valence-electron chi connectivity index (χ1n) is 6.11. The lowest BCUT2D eigenvalue weighted by Gasteiger charge is -2.16. The summed E-state index contributed by atoms with van der Waals surface area (Å²) < 4.78 is 8.19. The number of ether oxygens (including phenoxy) is 1. The minimum absolute atomic E-state index is 0.169. The van der Waals surface area contributed by atoms with Gasteiger partial charge in [-0.1, -0.05) is 22.0 Å². The minimum Gasteiger partial charge on any atom is -0.496 e. The molecule has 2 aromatic rings. The van der Waals surface area contributed by atoms with Crippen molar-refractivity contribution in [3.05, 3.63) is 40.4 Å². The van der Waals surface area contributed by atoms with Crippen LogP contribution >= 0.6 is 15.9 Å². The molecule has 6 heteroatoms. The van der Waals surface area contributed by atoms with Crippen molar-refractivity contribution in [1.82, 2.24) is 14.8 Å². The number of hydrogen-bond acceptors (Lipinski definition) is 4. The van der Waals surface area contributed by atoms with E-state index in [0.29, 0.717) is 6.42 Å².